The number of hydrogen-bond donors (Lipinski definition) is 1. The minimum absolute atomic E-state index is 0.109. The summed E-state index contributed by atoms with van der Waals surface area (Å²) >= 11 is 1.74. The molecule has 4 nitrogen and oxygen atoms in total. The molecule has 2 aromatic rings. The molecule has 108 valence electrons. The maximum atomic E-state index is 12.1. The summed E-state index contributed by atoms with van der Waals surface area (Å²) in [4.78, 5) is 23.0. The number of aryl methyl sites for hydroxylation is 2. The first-order valence-corrected chi connectivity index (χ1v) is 7.74. The Morgan fingerprint density at radius 2 is 2.10 bits per heavy atom. The first-order chi connectivity index (χ1) is 9.95. The molecule has 5 heteroatoms. The van der Waals surface area contributed by atoms with E-state index in [2.05, 4.69) is 42.1 Å². The number of anilines is 1. The topological polar surface area (TPSA) is 54.9 Å². The third kappa shape index (κ3) is 2.49. The van der Waals surface area contributed by atoms with Crippen LogP contribution >= 0.6 is 11.3 Å². The van der Waals surface area contributed by atoms with Crippen molar-refractivity contribution in [3.05, 3.63) is 39.0 Å². The van der Waals surface area contributed by atoms with Crippen LogP contribution in [0.3, 0.4) is 0 Å². The van der Waals surface area contributed by atoms with Crippen LogP contribution in [0.15, 0.2) is 12.3 Å². The Labute approximate surface area is 128 Å². The summed E-state index contributed by atoms with van der Waals surface area (Å²) in [5.74, 6) is 1.65. The number of nitrogens with zero attached hydrogens (tertiary/aromatic N) is 2. The van der Waals surface area contributed by atoms with Crippen molar-refractivity contribution in [3.8, 4) is 0 Å². The van der Waals surface area contributed by atoms with Crippen LogP contribution in [-0.2, 0) is 4.79 Å². The summed E-state index contributed by atoms with van der Waals surface area (Å²) in [6, 6.07) is 2.13. The first-order valence-electron chi connectivity index (χ1n) is 6.93. The fraction of sp³-hybridized carbons (Fsp3) is 0.312. The van der Waals surface area contributed by atoms with Gasteiger partial charge in [0.2, 0.25) is 0 Å². The van der Waals surface area contributed by atoms with Gasteiger partial charge in [-0.2, -0.15) is 0 Å². The highest BCUT2D eigenvalue weighted by molar-refractivity contribution is 7.13. The lowest BCUT2D eigenvalue weighted by Crippen LogP contribution is -2.04. The minimum Gasteiger partial charge on any atom is -0.306 e. The molecule has 1 aliphatic heterocycles. The Bertz CT molecular complexity index is 759. The lowest BCUT2D eigenvalue weighted by Gasteiger charge is -2.00. The number of rotatable bonds is 2. The van der Waals surface area contributed by atoms with E-state index in [1.54, 1.807) is 17.5 Å². The number of hydrogen-bond acceptors (Lipinski definition) is 4. The molecule has 0 bridgehead atoms. The molecule has 3 rings (SSSR count). The van der Waals surface area contributed by atoms with E-state index in [0.29, 0.717) is 23.1 Å². The zero-order valence-corrected chi connectivity index (χ0v) is 13.3. The van der Waals surface area contributed by atoms with Crippen LogP contribution in [-0.4, -0.2) is 15.9 Å². The molecule has 0 fully saturated rings. The summed E-state index contributed by atoms with van der Waals surface area (Å²) in [6.45, 7) is 8.29. The normalized spacial score (nSPS) is 15.7. The third-order valence-electron chi connectivity index (χ3n) is 3.46. The van der Waals surface area contributed by atoms with Gasteiger partial charge in [0.15, 0.2) is 0 Å². The van der Waals surface area contributed by atoms with Crippen molar-refractivity contribution >= 4 is 34.7 Å². The van der Waals surface area contributed by atoms with Gasteiger partial charge in [0.1, 0.15) is 11.6 Å². The molecule has 0 aromatic carbocycles. The van der Waals surface area contributed by atoms with Gasteiger partial charge in [-0.05, 0) is 37.5 Å². The average molecular weight is 299 g/mol. The fourth-order valence-corrected chi connectivity index (χ4v) is 3.63. The van der Waals surface area contributed by atoms with Gasteiger partial charge in [-0.15, -0.1) is 11.3 Å². The van der Waals surface area contributed by atoms with Crippen LogP contribution in [0.1, 0.15) is 46.5 Å². The van der Waals surface area contributed by atoms with E-state index in [9.17, 15) is 4.79 Å². The Morgan fingerprint density at radius 3 is 2.76 bits per heavy atom. The van der Waals surface area contributed by atoms with Gasteiger partial charge >= 0.3 is 0 Å². The molecule has 1 amide bonds. The summed E-state index contributed by atoms with van der Waals surface area (Å²) in [7, 11) is 0. The lowest BCUT2D eigenvalue weighted by atomic mass is 10.1. The van der Waals surface area contributed by atoms with Crippen molar-refractivity contribution in [2.45, 2.75) is 33.6 Å². The molecular formula is C16H17N3OS. The van der Waals surface area contributed by atoms with Crippen LogP contribution in [0.4, 0.5) is 5.82 Å². The van der Waals surface area contributed by atoms with E-state index in [1.165, 1.54) is 10.4 Å². The zero-order valence-electron chi connectivity index (χ0n) is 12.5. The van der Waals surface area contributed by atoms with Crippen molar-refractivity contribution < 1.29 is 4.79 Å². The van der Waals surface area contributed by atoms with Crippen molar-refractivity contribution in [1.29, 1.82) is 0 Å². The second kappa shape index (κ2) is 5.07. The molecule has 1 aliphatic rings. The third-order valence-corrected chi connectivity index (χ3v) is 4.95. The predicted octanol–water partition coefficient (Wildman–Crippen LogP) is 3.77. The molecular weight excluding hydrogens is 282 g/mol. The van der Waals surface area contributed by atoms with E-state index >= 15 is 0 Å². The number of aromatic nitrogens is 2. The predicted molar refractivity (Wildman–Crippen MR) is 86.4 cm³/mol. The highest BCUT2D eigenvalue weighted by atomic mass is 32.1. The van der Waals surface area contributed by atoms with Gasteiger partial charge in [-0.1, -0.05) is 13.8 Å². The maximum absolute atomic E-state index is 12.1. The molecule has 1 N–H and O–H groups in total. The average Bonchev–Trinajstić information content (AvgIpc) is 2.91. The molecule has 21 heavy (non-hydrogen) atoms. The summed E-state index contributed by atoms with van der Waals surface area (Å²) < 4.78 is 0. The van der Waals surface area contributed by atoms with Gasteiger partial charge in [-0.3, -0.25) is 4.79 Å². The fourth-order valence-electron chi connectivity index (χ4n) is 2.51. The monoisotopic (exact) mass is 299 g/mol. The molecule has 2 aromatic heterocycles. The van der Waals surface area contributed by atoms with E-state index in [1.807, 2.05) is 13.0 Å². The standard InChI is InChI=1S/C16H17N3OS/c1-8(2)14-9(3)5-11(21-14)6-12-13-7-17-10(4)18-15(13)19-16(12)20/h5-8H,1-4H3,(H,17,18,19,20). The molecule has 0 aliphatic carbocycles. The van der Waals surface area contributed by atoms with Crippen molar-refractivity contribution in [2.75, 3.05) is 5.32 Å². The zero-order chi connectivity index (χ0) is 15.1. The number of thiophene rings is 1. The molecule has 0 radical (unpaired) electrons. The molecule has 0 spiro atoms. The molecule has 0 saturated heterocycles. The number of carbonyl (C=O) groups excluding carboxylic acids is 1. The minimum atomic E-state index is -0.109. The Morgan fingerprint density at radius 1 is 1.33 bits per heavy atom. The lowest BCUT2D eigenvalue weighted by molar-refractivity contribution is -0.110. The van der Waals surface area contributed by atoms with Gasteiger partial charge in [0.25, 0.3) is 5.91 Å². The smallest absolute Gasteiger partial charge is 0.257 e. The Balaban J connectivity index is 2.05. The van der Waals surface area contributed by atoms with Gasteiger partial charge in [0, 0.05) is 21.5 Å². The van der Waals surface area contributed by atoms with Crippen molar-refractivity contribution in [1.82, 2.24) is 9.97 Å². The first kappa shape index (κ1) is 13.9. The highest BCUT2D eigenvalue weighted by Gasteiger charge is 2.26. The van der Waals surface area contributed by atoms with E-state index in [-0.39, 0.29) is 5.91 Å². The number of carbonyl (C=O) groups is 1. The van der Waals surface area contributed by atoms with Gasteiger partial charge in [-0.25, -0.2) is 9.97 Å². The summed E-state index contributed by atoms with van der Waals surface area (Å²) in [6.07, 6.45) is 3.65. The Kier molecular flexibility index (Phi) is 3.37. The van der Waals surface area contributed by atoms with Crippen LogP contribution in [0.5, 0.6) is 0 Å². The summed E-state index contributed by atoms with van der Waals surface area (Å²) in [5, 5.41) is 2.80. The van der Waals surface area contributed by atoms with Crippen LogP contribution < -0.4 is 5.32 Å². The van der Waals surface area contributed by atoms with Crippen molar-refractivity contribution in [3.63, 3.8) is 0 Å². The van der Waals surface area contributed by atoms with E-state index in [0.717, 1.165) is 10.4 Å². The largest absolute Gasteiger partial charge is 0.306 e. The molecule has 0 atom stereocenters. The Hall–Kier alpha value is -2.01. The van der Waals surface area contributed by atoms with E-state index < -0.39 is 0 Å². The van der Waals surface area contributed by atoms with Crippen LogP contribution in [0.2, 0.25) is 0 Å². The summed E-state index contributed by atoms with van der Waals surface area (Å²) in [5.41, 5.74) is 2.70. The maximum Gasteiger partial charge on any atom is 0.257 e. The van der Waals surface area contributed by atoms with E-state index in [4.69, 9.17) is 0 Å². The number of nitrogens with one attached hydrogen (secondary N) is 1. The van der Waals surface area contributed by atoms with Gasteiger partial charge in [0.05, 0.1) is 5.57 Å². The van der Waals surface area contributed by atoms with Crippen LogP contribution in [0.25, 0.3) is 11.6 Å². The van der Waals surface area contributed by atoms with Gasteiger partial charge < -0.3 is 5.32 Å². The highest BCUT2D eigenvalue weighted by Crippen LogP contribution is 2.35. The van der Waals surface area contributed by atoms with Crippen molar-refractivity contribution in [2.24, 2.45) is 0 Å². The SMILES string of the molecule is Cc1ncc2c(n1)NC(=O)C2=Cc1cc(C)c(C(C)C)s1. The van der Waals surface area contributed by atoms with Crippen LogP contribution in [0, 0.1) is 13.8 Å². The molecule has 0 unspecified atom stereocenters. The number of amides is 1. The molecule has 3 heterocycles. The molecule has 0 saturated carbocycles. The second-order valence-corrected chi connectivity index (χ2v) is 6.66. The quantitative estimate of drug-likeness (QED) is 0.859. The second-order valence-electron chi connectivity index (χ2n) is 5.54. The number of fused-ring (bicyclic) bond motifs is 1.